The Morgan fingerprint density at radius 2 is 2.11 bits per heavy atom. The highest BCUT2D eigenvalue weighted by Crippen LogP contribution is 2.37. The van der Waals surface area contributed by atoms with Gasteiger partial charge in [0.2, 0.25) is 0 Å². The van der Waals surface area contributed by atoms with Gasteiger partial charge in [0.1, 0.15) is 5.03 Å². The maximum Gasteiger partial charge on any atom is 0.336 e. The fraction of sp³-hybridized carbons (Fsp3) is 0. The molecule has 1 aromatic carbocycles. The maximum atomic E-state index is 11.1. The van der Waals surface area contributed by atoms with Crippen LogP contribution in [0.5, 0.6) is 0 Å². The van der Waals surface area contributed by atoms with Crippen LogP contribution in [0, 0.1) is 0 Å². The number of halogens is 1. The van der Waals surface area contributed by atoms with Crippen molar-refractivity contribution in [2.75, 3.05) is 5.73 Å². The first-order valence-corrected chi connectivity index (χ1v) is 6.60. The number of hydrogen-bond donors (Lipinski definition) is 2. The van der Waals surface area contributed by atoms with Crippen molar-refractivity contribution in [3.05, 3.63) is 46.6 Å². The lowest BCUT2D eigenvalue weighted by molar-refractivity contribution is 0.0693. The lowest BCUT2D eigenvalue weighted by Crippen LogP contribution is -2.02. The Morgan fingerprint density at radius 1 is 1.33 bits per heavy atom. The van der Waals surface area contributed by atoms with Crippen LogP contribution in [0.3, 0.4) is 0 Å². The molecule has 4 nitrogen and oxygen atoms in total. The van der Waals surface area contributed by atoms with Gasteiger partial charge < -0.3 is 10.8 Å². The average Bonchev–Trinajstić information content (AvgIpc) is 2.34. The molecule has 0 aliphatic heterocycles. The minimum atomic E-state index is -1.00. The Hall–Kier alpha value is -1.53. The summed E-state index contributed by atoms with van der Waals surface area (Å²) in [6.45, 7) is 0. The number of nitrogens with zero attached hydrogens (tertiary/aromatic N) is 1. The number of carboxylic acid groups (broad SMARTS) is 1. The monoisotopic (exact) mass is 324 g/mol. The van der Waals surface area contributed by atoms with Crippen LogP contribution in [0.2, 0.25) is 0 Å². The molecule has 6 heteroatoms. The molecule has 92 valence electrons. The van der Waals surface area contributed by atoms with Crippen LogP contribution in [-0.2, 0) is 0 Å². The fourth-order valence-electron chi connectivity index (χ4n) is 1.38. The quantitative estimate of drug-likeness (QED) is 0.847. The SMILES string of the molecule is Nc1cccc(C(=O)O)c1Sc1ncccc1Br. The van der Waals surface area contributed by atoms with Crippen LogP contribution < -0.4 is 5.73 Å². The normalized spacial score (nSPS) is 10.3. The first kappa shape index (κ1) is 12.9. The Balaban J connectivity index is 2.46. The highest BCUT2D eigenvalue weighted by atomic mass is 79.9. The molecule has 0 saturated heterocycles. The van der Waals surface area contributed by atoms with Crippen LogP contribution in [0.25, 0.3) is 0 Å². The van der Waals surface area contributed by atoms with Crippen LogP contribution in [0.4, 0.5) is 5.69 Å². The van der Waals surface area contributed by atoms with Crippen LogP contribution >= 0.6 is 27.7 Å². The summed E-state index contributed by atoms with van der Waals surface area (Å²) in [7, 11) is 0. The van der Waals surface area contributed by atoms with E-state index in [-0.39, 0.29) is 5.56 Å². The van der Waals surface area contributed by atoms with Crippen LogP contribution in [-0.4, -0.2) is 16.1 Å². The summed E-state index contributed by atoms with van der Waals surface area (Å²) >= 11 is 4.60. The van der Waals surface area contributed by atoms with Crippen LogP contribution in [0.1, 0.15) is 10.4 Å². The number of benzene rings is 1. The predicted octanol–water partition coefficient (Wildman–Crippen LogP) is 3.28. The van der Waals surface area contributed by atoms with Crippen molar-refractivity contribution in [2.45, 2.75) is 9.92 Å². The number of aromatic nitrogens is 1. The molecule has 0 spiro atoms. The second-order valence-corrected chi connectivity index (χ2v) is 5.27. The zero-order valence-corrected chi connectivity index (χ0v) is 11.5. The second kappa shape index (κ2) is 5.41. The highest BCUT2D eigenvalue weighted by molar-refractivity contribution is 9.10. The van der Waals surface area contributed by atoms with Gasteiger partial charge in [-0.05, 0) is 40.2 Å². The van der Waals surface area contributed by atoms with Crippen molar-refractivity contribution in [1.82, 2.24) is 4.98 Å². The summed E-state index contributed by atoms with van der Waals surface area (Å²) in [5, 5.41) is 9.82. The number of aromatic carboxylic acids is 1. The molecule has 0 aliphatic rings. The van der Waals surface area contributed by atoms with Gasteiger partial charge in [0.15, 0.2) is 0 Å². The lowest BCUT2D eigenvalue weighted by atomic mass is 10.2. The minimum absolute atomic E-state index is 0.178. The average molecular weight is 325 g/mol. The summed E-state index contributed by atoms with van der Waals surface area (Å²) in [6, 6.07) is 8.45. The fourth-order valence-corrected chi connectivity index (χ4v) is 2.80. The number of pyridine rings is 1. The second-order valence-electron chi connectivity index (χ2n) is 3.42. The van der Waals surface area contributed by atoms with E-state index in [4.69, 9.17) is 10.8 Å². The first-order valence-electron chi connectivity index (χ1n) is 4.99. The molecule has 2 rings (SSSR count). The maximum absolute atomic E-state index is 11.1. The third-order valence-corrected chi connectivity index (χ3v) is 4.28. The van der Waals surface area contributed by atoms with E-state index in [2.05, 4.69) is 20.9 Å². The van der Waals surface area contributed by atoms with Crippen LogP contribution in [0.15, 0.2) is 50.9 Å². The highest BCUT2D eigenvalue weighted by Gasteiger charge is 2.15. The van der Waals surface area contributed by atoms with Gasteiger partial charge in [0.05, 0.1) is 14.9 Å². The van der Waals surface area contributed by atoms with E-state index in [1.165, 1.54) is 17.8 Å². The third kappa shape index (κ3) is 2.65. The molecule has 18 heavy (non-hydrogen) atoms. The van der Waals surface area contributed by atoms with Gasteiger partial charge in [-0.3, -0.25) is 0 Å². The Labute approximate surface area is 116 Å². The van der Waals surface area contributed by atoms with Gasteiger partial charge >= 0.3 is 5.97 Å². The minimum Gasteiger partial charge on any atom is -0.478 e. The molecule has 0 saturated carbocycles. The third-order valence-electron chi connectivity index (χ3n) is 2.20. The number of nitrogens with two attached hydrogens (primary N) is 1. The summed E-state index contributed by atoms with van der Waals surface area (Å²) in [5.74, 6) is -1.00. The topological polar surface area (TPSA) is 76.2 Å². The number of carbonyl (C=O) groups is 1. The van der Waals surface area contributed by atoms with Crippen molar-refractivity contribution in [2.24, 2.45) is 0 Å². The summed E-state index contributed by atoms with van der Waals surface area (Å²) in [6.07, 6.45) is 1.65. The van der Waals surface area contributed by atoms with E-state index in [9.17, 15) is 4.79 Å². The molecule has 0 amide bonds. The van der Waals surface area contributed by atoms with Gasteiger partial charge in [-0.15, -0.1) is 0 Å². The molecule has 0 radical (unpaired) electrons. The van der Waals surface area contributed by atoms with Gasteiger partial charge in [0, 0.05) is 11.9 Å². The van der Waals surface area contributed by atoms with Crippen molar-refractivity contribution in [3.8, 4) is 0 Å². The largest absolute Gasteiger partial charge is 0.478 e. The predicted molar refractivity (Wildman–Crippen MR) is 73.9 cm³/mol. The molecule has 0 bridgehead atoms. The molecule has 0 atom stereocenters. The lowest BCUT2D eigenvalue weighted by Gasteiger charge is -2.09. The summed E-state index contributed by atoms with van der Waals surface area (Å²) in [5.41, 5.74) is 6.44. The number of rotatable bonds is 3. The van der Waals surface area contributed by atoms with E-state index < -0.39 is 5.97 Å². The number of hydrogen-bond acceptors (Lipinski definition) is 4. The molecule has 2 aromatic rings. The molecule has 0 fully saturated rings. The van der Waals surface area contributed by atoms with Gasteiger partial charge in [-0.25, -0.2) is 9.78 Å². The molecule has 1 aromatic heterocycles. The molecular formula is C12H9BrN2O2S. The van der Waals surface area contributed by atoms with Gasteiger partial charge in [0.25, 0.3) is 0 Å². The van der Waals surface area contributed by atoms with E-state index in [0.717, 1.165) is 4.47 Å². The summed E-state index contributed by atoms with van der Waals surface area (Å²) < 4.78 is 0.801. The van der Waals surface area contributed by atoms with Crippen molar-refractivity contribution in [3.63, 3.8) is 0 Å². The smallest absolute Gasteiger partial charge is 0.336 e. The van der Waals surface area contributed by atoms with Crippen molar-refractivity contribution >= 4 is 39.3 Å². The van der Waals surface area contributed by atoms with Gasteiger partial charge in [-0.2, -0.15) is 0 Å². The number of anilines is 1. The Kier molecular flexibility index (Phi) is 3.88. The van der Waals surface area contributed by atoms with E-state index in [1.54, 1.807) is 24.4 Å². The number of carboxylic acids is 1. The van der Waals surface area contributed by atoms with Gasteiger partial charge in [-0.1, -0.05) is 17.8 Å². The molecule has 1 heterocycles. The van der Waals surface area contributed by atoms with E-state index >= 15 is 0 Å². The van der Waals surface area contributed by atoms with E-state index in [1.807, 2.05) is 6.07 Å². The molecule has 0 unspecified atom stereocenters. The van der Waals surface area contributed by atoms with Crippen molar-refractivity contribution in [1.29, 1.82) is 0 Å². The molecular weight excluding hydrogens is 316 g/mol. The zero-order chi connectivity index (χ0) is 13.1. The Bertz CT molecular complexity index is 604. The number of nitrogen functional groups attached to an aromatic ring is 1. The summed E-state index contributed by atoms with van der Waals surface area (Å²) in [4.78, 5) is 15.8. The van der Waals surface area contributed by atoms with E-state index in [0.29, 0.717) is 15.6 Å². The zero-order valence-electron chi connectivity index (χ0n) is 9.13. The standard InChI is InChI=1S/C12H9BrN2O2S/c13-8-4-2-6-15-11(8)18-10-7(12(16)17)3-1-5-9(10)14/h1-6H,14H2,(H,16,17). The molecule has 3 N–H and O–H groups in total. The molecule has 0 aliphatic carbocycles. The van der Waals surface area contributed by atoms with Crippen molar-refractivity contribution < 1.29 is 9.90 Å². The first-order chi connectivity index (χ1) is 8.59. The Morgan fingerprint density at radius 3 is 2.78 bits per heavy atom.